The number of fused-ring (bicyclic) bond motifs is 2. The van der Waals surface area contributed by atoms with E-state index in [9.17, 15) is 23.1 Å². The average molecular weight is 482 g/mol. The lowest BCUT2D eigenvalue weighted by Crippen LogP contribution is -2.25. The number of H-pyrrole nitrogens is 1. The molecule has 0 aliphatic carbocycles. The first-order chi connectivity index (χ1) is 16.7. The van der Waals surface area contributed by atoms with Gasteiger partial charge in [0, 0.05) is 59.2 Å². The number of ether oxygens (including phenoxy) is 2. The third-order valence-corrected chi connectivity index (χ3v) is 6.06. The van der Waals surface area contributed by atoms with Crippen LogP contribution in [0.1, 0.15) is 35.4 Å². The fraction of sp³-hybridized carbons (Fsp3) is 0.192. The van der Waals surface area contributed by atoms with Gasteiger partial charge >= 0.3 is 6.36 Å². The Morgan fingerprint density at radius 2 is 1.86 bits per heavy atom. The van der Waals surface area contributed by atoms with Crippen LogP contribution >= 0.6 is 0 Å². The van der Waals surface area contributed by atoms with E-state index in [0.29, 0.717) is 23.6 Å². The molecule has 4 aromatic rings. The molecule has 1 aromatic heterocycles. The number of phenolic OH excluding ortho intramolecular Hbond substituents is 1. The highest BCUT2D eigenvalue weighted by Crippen LogP contribution is 2.48. The van der Waals surface area contributed by atoms with Gasteiger partial charge in [0.2, 0.25) is 5.91 Å². The summed E-state index contributed by atoms with van der Waals surface area (Å²) in [5, 5.41) is 13.5. The lowest BCUT2D eigenvalue weighted by Gasteiger charge is -2.34. The number of aromatic hydroxyl groups is 1. The summed E-state index contributed by atoms with van der Waals surface area (Å²) in [5.41, 5.74) is 3.90. The van der Waals surface area contributed by atoms with Gasteiger partial charge in [-0.15, -0.1) is 13.2 Å². The van der Waals surface area contributed by atoms with Crippen molar-refractivity contribution in [3.63, 3.8) is 0 Å². The molecule has 0 saturated carbocycles. The summed E-state index contributed by atoms with van der Waals surface area (Å²) in [7, 11) is 0. The number of hydrogen-bond acceptors (Lipinski definition) is 4. The molecule has 0 saturated heterocycles. The zero-order valence-electron chi connectivity index (χ0n) is 18.5. The molecule has 0 spiro atoms. The third kappa shape index (κ3) is 4.62. The highest BCUT2D eigenvalue weighted by molar-refractivity contribution is 5.88. The molecule has 35 heavy (non-hydrogen) atoms. The first-order valence-electron chi connectivity index (χ1n) is 10.9. The molecule has 2 unspecified atom stereocenters. The first-order valence-corrected chi connectivity index (χ1v) is 10.9. The molecule has 3 aromatic carbocycles. The van der Waals surface area contributed by atoms with Gasteiger partial charge in [-0.05, 0) is 41.5 Å². The normalized spacial score (nSPS) is 17.5. The van der Waals surface area contributed by atoms with Crippen LogP contribution in [0.2, 0.25) is 0 Å². The van der Waals surface area contributed by atoms with Gasteiger partial charge in [0.25, 0.3) is 0 Å². The smallest absolute Gasteiger partial charge is 0.508 e. The number of aromatic nitrogens is 1. The predicted molar refractivity (Wildman–Crippen MR) is 124 cm³/mol. The lowest BCUT2D eigenvalue weighted by atomic mass is 9.75. The number of carbonyl (C=O) groups is 1. The molecule has 1 aliphatic heterocycles. The summed E-state index contributed by atoms with van der Waals surface area (Å²) in [6.45, 7) is 1.73. The summed E-state index contributed by atoms with van der Waals surface area (Å²) < 4.78 is 48.0. The highest BCUT2D eigenvalue weighted by atomic mass is 19.4. The maximum Gasteiger partial charge on any atom is 0.573 e. The van der Waals surface area contributed by atoms with Crippen molar-refractivity contribution in [1.29, 1.82) is 0 Å². The highest BCUT2D eigenvalue weighted by Gasteiger charge is 2.35. The monoisotopic (exact) mass is 482 g/mol. The van der Waals surface area contributed by atoms with Crippen LogP contribution in [0.4, 0.5) is 18.9 Å². The largest absolute Gasteiger partial charge is 0.573 e. The Bertz CT molecular complexity index is 1400. The number of hydrogen-bond donors (Lipinski definition) is 3. The standard InChI is InChI=1S/C26H21F3N2O4/c1-14(32)31-16-4-2-15(3-5-16)25-20-8-6-17(33)10-24(20)34-13-22(25)21-12-30-23-11-18(7-9-19(21)23)35-26(27,28)29/h2-12,22,25,30,33H,13H2,1H3,(H,31,32). The number of amides is 1. The van der Waals surface area contributed by atoms with Gasteiger partial charge in [0.05, 0.1) is 6.61 Å². The molecule has 0 fully saturated rings. The second-order valence-corrected chi connectivity index (χ2v) is 8.42. The second kappa shape index (κ2) is 8.57. The number of carbonyl (C=O) groups excluding carboxylic acids is 1. The van der Waals surface area contributed by atoms with Gasteiger partial charge in [-0.2, -0.15) is 0 Å². The number of phenols is 1. The third-order valence-electron chi connectivity index (χ3n) is 6.06. The summed E-state index contributed by atoms with van der Waals surface area (Å²) in [4.78, 5) is 14.5. The maximum atomic E-state index is 12.7. The zero-order valence-corrected chi connectivity index (χ0v) is 18.5. The van der Waals surface area contributed by atoms with E-state index in [1.165, 1.54) is 19.1 Å². The summed E-state index contributed by atoms with van der Waals surface area (Å²) in [6.07, 6.45) is -3.00. The molecule has 5 rings (SSSR count). The van der Waals surface area contributed by atoms with Crippen LogP contribution in [0.25, 0.3) is 10.9 Å². The van der Waals surface area contributed by atoms with Crippen LogP contribution in [0.3, 0.4) is 0 Å². The molecule has 2 heterocycles. The van der Waals surface area contributed by atoms with Crippen LogP contribution in [0.5, 0.6) is 17.2 Å². The Morgan fingerprint density at radius 1 is 1.09 bits per heavy atom. The summed E-state index contributed by atoms with van der Waals surface area (Å²) >= 11 is 0. The van der Waals surface area contributed by atoms with Crippen LogP contribution in [-0.2, 0) is 4.79 Å². The SMILES string of the molecule is CC(=O)Nc1ccc(C2c3ccc(O)cc3OCC2c2c[nH]c3cc(OC(F)(F)F)ccc23)cc1. The number of rotatable bonds is 4. The van der Waals surface area contributed by atoms with Gasteiger partial charge in [0.1, 0.15) is 17.2 Å². The van der Waals surface area contributed by atoms with Crippen molar-refractivity contribution in [3.8, 4) is 17.2 Å². The molecule has 1 amide bonds. The number of halogens is 3. The van der Waals surface area contributed by atoms with E-state index in [0.717, 1.165) is 22.1 Å². The van der Waals surface area contributed by atoms with Crippen molar-refractivity contribution in [3.05, 3.63) is 83.6 Å². The Hall–Kier alpha value is -4.14. The molecular formula is C26H21F3N2O4. The van der Waals surface area contributed by atoms with Gasteiger partial charge in [-0.1, -0.05) is 18.2 Å². The number of aromatic amines is 1. The molecular weight excluding hydrogens is 461 g/mol. The van der Waals surface area contributed by atoms with E-state index >= 15 is 0 Å². The molecule has 180 valence electrons. The number of nitrogens with one attached hydrogen (secondary N) is 2. The Morgan fingerprint density at radius 3 is 2.57 bits per heavy atom. The van der Waals surface area contributed by atoms with Gasteiger partial charge < -0.3 is 24.9 Å². The van der Waals surface area contributed by atoms with Gasteiger partial charge in [-0.3, -0.25) is 4.79 Å². The van der Waals surface area contributed by atoms with Crippen molar-refractivity contribution < 1.29 is 32.5 Å². The second-order valence-electron chi connectivity index (χ2n) is 8.42. The zero-order chi connectivity index (χ0) is 24.7. The molecule has 0 radical (unpaired) electrons. The van der Waals surface area contributed by atoms with Crippen LogP contribution < -0.4 is 14.8 Å². The topological polar surface area (TPSA) is 83.6 Å². The van der Waals surface area contributed by atoms with Crippen molar-refractivity contribution in [2.24, 2.45) is 0 Å². The molecule has 3 N–H and O–H groups in total. The fourth-order valence-electron chi connectivity index (χ4n) is 4.69. The van der Waals surface area contributed by atoms with E-state index < -0.39 is 6.36 Å². The van der Waals surface area contributed by atoms with Crippen LogP contribution in [0.15, 0.2) is 66.9 Å². The fourth-order valence-corrected chi connectivity index (χ4v) is 4.69. The van der Waals surface area contributed by atoms with E-state index in [1.54, 1.807) is 24.4 Å². The van der Waals surface area contributed by atoms with E-state index in [2.05, 4.69) is 15.0 Å². The van der Waals surface area contributed by atoms with Gasteiger partial charge in [0.15, 0.2) is 0 Å². The minimum atomic E-state index is -4.77. The summed E-state index contributed by atoms with van der Waals surface area (Å²) in [6, 6.07) is 16.7. The van der Waals surface area contributed by atoms with Crippen molar-refractivity contribution in [2.75, 3.05) is 11.9 Å². The molecule has 1 aliphatic rings. The number of alkyl halides is 3. The number of anilines is 1. The minimum Gasteiger partial charge on any atom is -0.508 e. The Kier molecular flexibility index (Phi) is 5.55. The molecule has 9 heteroatoms. The van der Waals surface area contributed by atoms with Crippen molar-refractivity contribution in [2.45, 2.75) is 25.1 Å². The van der Waals surface area contributed by atoms with Crippen molar-refractivity contribution in [1.82, 2.24) is 4.98 Å². The minimum absolute atomic E-state index is 0.0891. The van der Waals surface area contributed by atoms with Gasteiger partial charge in [-0.25, -0.2) is 0 Å². The summed E-state index contributed by atoms with van der Waals surface area (Å²) in [5.74, 6) is -0.166. The van der Waals surface area contributed by atoms with Crippen LogP contribution in [-0.4, -0.2) is 29.0 Å². The van der Waals surface area contributed by atoms with Crippen LogP contribution in [0, 0.1) is 0 Å². The van der Waals surface area contributed by atoms with E-state index in [1.807, 2.05) is 30.3 Å². The molecule has 2 atom stereocenters. The first kappa shape index (κ1) is 22.6. The predicted octanol–water partition coefficient (Wildman–Crippen LogP) is 6.04. The quantitative estimate of drug-likeness (QED) is 0.331. The lowest BCUT2D eigenvalue weighted by molar-refractivity contribution is -0.274. The average Bonchev–Trinajstić information content (AvgIpc) is 3.20. The number of benzene rings is 3. The Labute approximate surface area is 198 Å². The molecule has 0 bridgehead atoms. The maximum absolute atomic E-state index is 12.7. The van der Waals surface area contributed by atoms with E-state index in [4.69, 9.17) is 4.74 Å². The molecule has 6 nitrogen and oxygen atoms in total. The Balaban J connectivity index is 1.57. The van der Waals surface area contributed by atoms with Crippen molar-refractivity contribution >= 4 is 22.5 Å². The van der Waals surface area contributed by atoms with E-state index in [-0.39, 0.29) is 29.2 Å².